The van der Waals surface area contributed by atoms with Crippen molar-refractivity contribution in [2.24, 2.45) is 0 Å². The van der Waals surface area contributed by atoms with Gasteiger partial charge in [0.1, 0.15) is 5.82 Å². The third kappa shape index (κ3) is 1.99. The molecule has 1 aliphatic rings. The van der Waals surface area contributed by atoms with Gasteiger partial charge >= 0.3 is 0 Å². The fourth-order valence-corrected chi connectivity index (χ4v) is 2.52. The second-order valence-corrected chi connectivity index (χ2v) is 5.18. The molecular formula is C12H11BrFNO2. The number of likely N-dealkylation sites (N-methyl/N-ethyl adjacent to an activating group) is 1. The van der Waals surface area contributed by atoms with E-state index in [0.29, 0.717) is 10.0 Å². The molecule has 1 atom stereocenters. The van der Waals surface area contributed by atoms with Gasteiger partial charge in [0.2, 0.25) is 5.91 Å². The number of amides is 1. The SMILES string of the molecule is CN(C)C(=O)C1CC(=O)c2cc(Br)cc(F)c21. The predicted octanol–water partition coefficient (Wildman–Crippen LogP) is 2.35. The number of Topliss-reactive ketones (excluding diaryl/α,β-unsaturated/α-hetero) is 1. The van der Waals surface area contributed by atoms with Crippen molar-refractivity contribution in [3.63, 3.8) is 0 Å². The minimum atomic E-state index is -0.680. The average molecular weight is 300 g/mol. The highest BCUT2D eigenvalue weighted by molar-refractivity contribution is 9.10. The smallest absolute Gasteiger partial charge is 0.230 e. The first kappa shape index (κ1) is 12.2. The maximum Gasteiger partial charge on any atom is 0.230 e. The van der Waals surface area contributed by atoms with Crippen molar-refractivity contribution in [1.29, 1.82) is 0 Å². The summed E-state index contributed by atoms with van der Waals surface area (Å²) in [6.45, 7) is 0. The minimum Gasteiger partial charge on any atom is -0.348 e. The fourth-order valence-electron chi connectivity index (χ4n) is 2.09. The number of fused-ring (bicyclic) bond motifs is 1. The van der Waals surface area contributed by atoms with Gasteiger partial charge in [-0.3, -0.25) is 9.59 Å². The summed E-state index contributed by atoms with van der Waals surface area (Å²) < 4.78 is 14.4. The first-order valence-electron chi connectivity index (χ1n) is 5.15. The monoisotopic (exact) mass is 299 g/mol. The number of carbonyl (C=O) groups is 2. The lowest BCUT2D eigenvalue weighted by Gasteiger charge is -2.16. The molecule has 1 unspecified atom stereocenters. The molecule has 0 fully saturated rings. The largest absolute Gasteiger partial charge is 0.348 e. The van der Waals surface area contributed by atoms with Crippen LogP contribution in [-0.4, -0.2) is 30.7 Å². The van der Waals surface area contributed by atoms with Crippen molar-refractivity contribution < 1.29 is 14.0 Å². The van der Waals surface area contributed by atoms with Crippen LogP contribution in [0.2, 0.25) is 0 Å². The molecule has 0 bridgehead atoms. The van der Waals surface area contributed by atoms with Gasteiger partial charge < -0.3 is 4.90 Å². The van der Waals surface area contributed by atoms with E-state index in [1.807, 2.05) is 0 Å². The molecule has 0 N–H and O–H groups in total. The zero-order valence-electron chi connectivity index (χ0n) is 9.46. The van der Waals surface area contributed by atoms with E-state index in [0.717, 1.165) is 0 Å². The summed E-state index contributed by atoms with van der Waals surface area (Å²) in [4.78, 5) is 25.0. The molecule has 2 rings (SSSR count). The second-order valence-electron chi connectivity index (χ2n) is 4.26. The van der Waals surface area contributed by atoms with Crippen LogP contribution in [0.1, 0.15) is 28.3 Å². The Morgan fingerprint density at radius 2 is 2.12 bits per heavy atom. The molecule has 1 aromatic carbocycles. The predicted molar refractivity (Wildman–Crippen MR) is 64.5 cm³/mol. The van der Waals surface area contributed by atoms with Crippen LogP contribution in [0.25, 0.3) is 0 Å². The molecule has 0 saturated heterocycles. The third-order valence-corrected chi connectivity index (χ3v) is 3.33. The standard InChI is InChI=1S/C12H11BrFNO2/c1-15(2)12(17)8-5-10(16)7-3-6(13)4-9(14)11(7)8/h3-4,8H,5H2,1-2H3. The summed E-state index contributed by atoms with van der Waals surface area (Å²) >= 11 is 3.14. The van der Waals surface area contributed by atoms with Crippen LogP contribution in [-0.2, 0) is 4.79 Å². The summed E-state index contributed by atoms with van der Waals surface area (Å²) in [5, 5.41) is 0. The molecule has 1 amide bonds. The third-order valence-electron chi connectivity index (χ3n) is 2.87. The van der Waals surface area contributed by atoms with Crippen molar-refractivity contribution in [3.8, 4) is 0 Å². The molecular weight excluding hydrogens is 289 g/mol. The van der Waals surface area contributed by atoms with Crippen molar-refractivity contribution >= 4 is 27.6 Å². The maximum absolute atomic E-state index is 13.8. The molecule has 0 aromatic heterocycles. The highest BCUT2D eigenvalue weighted by Crippen LogP contribution is 2.37. The summed E-state index contributed by atoms with van der Waals surface area (Å²) in [7, 11) is 3.20. The Morgan fingerprint density at radius 3 is 2.71 bits per heavy atom. The van der Waals surface area contributed by atoms with Gasteiger partial charge in [-0.15, -0.1) is 0 Å². The van der Waals surface area contributed by atoms with E-state index in [9.17, 15) is 14.0 Å². The Labute approximate surface area is 107 Å². The summed E-state index contributed by atoms with van der Waals surface area (Å²) in [5.41, 5.74) is 0.550. The quantitative estimate of drug-likeness (QED) is 0.798. The second kappa shape index (κ2) is 4.22. The van der Waals surface area contributed by atoms with E-state index in [2.05, 4.69) is 15.9 Å². The summed E-state index contributed by atoms with van der Waals surface area (Å²) in [6.07, 6.45) is 0.0553. The molecule has 0 spiro atoms. The van der Waals surface area contributed by atoms with Gasteiger partial charge in [-0.25, -0.2) is 4.39 Å². The topological polar surface area (TPSA) is 37.4 Å². The van der Waals surface area contributed by atoms with E-state index < -0.39 is 11.7 Å². The van der Waals surface area contributed by atoms with Crippen molar-refractivity contribution in [3.05, 3.63) is 33.5 Å². The van der Waals surface area contributed by atoms with Gasteiger partial charge in [-0.05, 0) is 12.1 Å². The maximum atomic E-state index is 13.8. The molecule has 17 heavy (non-hydrogen) atoms. The molecule has 5 heteroatoms. The number of ketones is 1. The van der Waals surface area contributed by atoms with E-state index in [4.69, 9.17) is 0 Å². The Bertz CT molecular complexity index is 513. The first-order chi connectivity index (χ1) is 7.91. The Morgan fingerprint density at radius 1 is 1.47 bits per heavy atom. The van der Waals surface area contributed by atoms with Gasteiger partial charge in [-0.1, -0.05) is 15.9 Å². The van der Waals surface area contributed by atoms with Crippen LogP contribution in [0.5, 0.6) is 0 Å². The van der Waals surface area contributed by atoms with E-state index >= 15 is 0 Å². The number of hydrogen-bond acceptors (Lipinski definition) is 2. The summed E-state index contributed by atoms with van der Waals surface area (Å²) in [5.74, 6) is -1.60. The molecule has 0 saturated carbocycles. The van der Waals surface area contributed by atoms with Gasteiger partial charge in [0.05, 0.1) is 5.92 Å². The Hall–Kier alpha value is -1.23. The van der Waals surface area contributed by atoms with E-state index in [1.54, 1.807) is 20.2 Å². The first-order valence-corrected chi connectivity index (χ1v) is 5.94. The Kier molecular flexibility index (Phi) is 3.03. The van der Waals surface area contributed by atoms with E-state index in [-0.39, 0.29) is 23.7 Å². The average Bonchev–Trinajstić information content (AvgIpc) is 2.55. The normalized spacial score (nSPS) is 18.1. The number of rotatable bonds is 1. The molecule has 1 aliphatic carbocycles. The zero-order chi connectivity index (χ0) is 12.7. The van der Waals surface area contributed by atoms with Crippen LogP contribution in [0.4, 0.5) is 4.39 Å². The van der Waals surface area contributed by atoms with Crippen LogP contribution < -0.4 is 0 Å². The highest BCUT2D eigenvalue weighted by atomic mass is 79.9. The number of halogens is 2. The van der Waals surface area contributed by atoms with Gasteiger partial charge in [0.15, 0.2) is 5.78 Å². The lowest BCUT2D eigenvalue weighted by atomic mass is 9.99. The number of nitrogens with zero attached hydrogens (tertiary/aromatic N) is 1. The van der Waals surface area contributed by atoms with Crippen molar-refractivity contribution in [2.75, 3.05) is 14.1 Å². The molecule has 0 aliphatic heterocycles. The highest BCUT2D eigenvalue weighted by Gasteiger charge is 2.37. The van der Waals surface area contributed by atoms with Crippen molar-refractivity contribution in [2.45, 2.75) is 12.3 Å². The lowest BCUT2D eigenvalue weighted by Crippen LogP contribution is -2.27. The molecule has 0 heterocycles. The summed E-state index contributed by atoms with van der Waals surface area (Å²) in [6, 6.07) is 2.86. The van der Waals surface area contributed by atoms with E-state index in [1.165, 1.54) is 11.0 Å². The molecule has 90 valence electrons. The van der Waals surface area contributed by atoms with Crippen LogP contribution in [0.3, 0.4) is 0 Å². The lowest BCUT2D eigenvalue weighted by molar-refractivity contribution is -0.130. The minimum absolute atomic E-state index is 0.0553. The van der Waals surface area contributed by atoms with Crippen LogP contribution in [0, 0.1) is 5.82 Å². The Balaban J connectivity index is 2.54. The molecule has 3 nitrogen and oxygen atoms in total. The fraction of sp³-hybridized carbons (Fsp3) is 0.333. The van der Waals surface area contributed by atoms with Crippen molar-refractivity contribution in [1.82, 2.24) is 4.90 Å². The number of benzene rings is 1. The van der Waals surface area contributed by atoms with Crippen LogP contribution in [0.15, 0.2) is 16.6 Å². The zero-order valence-corrected chi connectivity index (χ0v) is 11.0. The van der Waals surface area contributed by atoms with Gasteiger partial charge in [-0.2, -0.15) is 0 Å². The number of carbonyl (C=O) groups excluding carboxylic acids is 2. The van der Waals surface area contributed by atoms with Gasteiger partial charge in [0.25, 0.3) is 0 Å². The van der Waals surface area contributed by atoms with Crippen LogP contribution >= 0.6 is 15.9 Å². The number of hydrogen-bond donors (Lipinski definition) is 0. The molecule has 1 aromatic rings. The molecule has 0 radical (unpaired) electrons. The van der Waals surface area contributed by atoms with Gasteiger partial charge in [0, 0.05) is 36.1 Å².